The molecule has 0 bridgehead atoms. The van der Waals surface area contributed by atoms with E-state index in [9.17, 15) is 19.8 Å². The summed E-state index contributed by atoms with van der Waals surface area (Å²) in [6.07, 6.45) is 7.28. The van der Waals surface area contributed by atoms with E-state index in [1.807, 2.05) is 58.7 Å². The van der Waals surface area contributed by atoms with Crippen LogP contribution in [-0.2, 0) is 9.59 Å². The zero-order valence-electron chi connectivity index (χ0n) is 16.4. The van der Waals surface area contributed by atoms with Crippen LogP contribution in [0.2, 0.25) is 0 Å². The van der Waals surface area contributed by atoms with Gasteiger partial charge < -0.3 is 10.2 Å². The average molecular weight is 611 g/mol. The molecule has 2 N–H and O–H groups in total. The van der Waals surface area contributed by atoms with Crippen molar-refractivity contribution in [1.29, 1.82) is 0 Å². The van der Waals surface area contributed by atoms with E-state index >= 15 is 0 Å². The molecule has 0 aromatic heterocycles. The number of fused-ring (bicyclic) bond motifs is 5. The summed E-state index contributed by atoms with van der Waals surface area (Å²) >= 11 is 3.82. The third-order valence-electron chi connectivity index (χ3n) is 8.48. The minimum Gasteiger partial charge on any atom is -0.393 e. The number of allylic oxidation sites excluding steroid dienone is 4. The van der Waals surface area contributed by atoms with E-state index in [0.29, 0.717) is 12.8 Å². The lowest BCUT2D eigenvalue weighted by molar-refractivity contribution is -0.180. The van der Waals surface area contributed by atoms with Crippen LogP contribution in [0.5, 0.6) is 0 Å². The predicted molar refractivity (Wildman–Crippen MR) is 122 cm³/mol. The van der Waals surface area contributed by atoms with Crippen LogP contribution in [0.25, 0.3) is 0 Å². The molecule has 0 aromatic carbocycles. The second kappa shape index (κ2) is 6.75. The SMILES string of the molecule is C[C@H]1C[C@@H]2[C@H]([C@@H](O)C[C@@]3(C)[C@H]2CC[C@]3(O)C(=O)N(I)I)[C@@]2(C)C=CC(=O)C=C12. The summed E-state index contributed by atoms with van der Waals surface area (Å²) < 4.78 is 1.42. The minimum absolute atomic E-state index is 0.00475. The minimum atomic E-state index is -1.44. The van der Waals surface area contributed by atoms with Crippen molar-refractivity contribution < 1.29 is 19.8 Å². The number of hydrogen-bond donors (Lipinski definition) is 2. The Balaban J connectivity index is 1.77. The number of carbonyl (C=O) groups excluding carboxylic acids is 2. The standard InChI is InChI=1S/C21H27I2NO4/c1-11-8-13-14-5-7-21(28,18(27)24(22)23)20(14,3)10-16(26)17(13)19(2)6-4-12(25)9-15(11)19/h4,6,9,11,13-14,16-17,26,28H,5,7-8,10H2,1-3H3/t11-,13-,14-,16-,17+,19-,20-,21-/m0/s1. The van der Waals surface area contributed by atoms with Gasteiger partial charge in [0.15, 0.2) is 11.4 Å². The molecule has 5 nitrogen and oxygen atoms in total. The summed E-state index contributed by atoms with van der Waals surface area (Å²) in [5.74, 6) is 0.382. The topological polar surface area (TPSA) is 77.8 Å². The van der Waals surface area contributed by atoms with Crippen molar-refractivity contribution in [2.24, 2.45) is 34.5 Å². The third-order valence-corrected chi connectivity index (χ3v) is 9.35. The molecule has 154 valence electrons. The number of nitrogens with zero attached hydrogens (tertiary/aromatic N) is 1. The Morgan fingerprint density at radius 1 is 1.32 bits per heavy atom. The molecule has 0 aromatic rings. The summed E-state index contributed by atoms with van der Waals surface area (Å²) in [4.78, 5) is 24.9. The molecule has 7 heteroatoms. The first kappa shape index (κ1) is 21.2. The maximum atomic E-state index is 12.9. The number of aliphatic hydroxyl groups is 2. The van der Waals surface area contributed by atoms with E-state index in [1.165, 1.54) is 1.33 Å². The number of carbonyl (C=O) groups is 2. The monoisotopic (exact) mass is 611 g/mol. The fourth-order valence-corrected chi connectivity index (χ4v) is 8.04. The summed E-state index contributed by atoms with van der Waals surface area (Å²) in [5, 5.41) is 22.8. The molecule has 3 fully saturated rings. The molecular formula is C21H27I2NO4. The molecule has 0 unspecified atom stereocenters. The first-order valence-electron chi connectivity index (χ1n) is 9.97. The van der Waals surface area contributed by atoms with Gasteiger partial charge in [0.05, 0.1) is 51.8 Å². The van der Waals surface area contributed by atoms with E-state index in [0.717, 1.165) is 18.4 Å². The number of ketones is 1. The summed E-state index contributed by atoms with van der Waals surface area (Å²) in [6, 6.07) is 0. The van der Waals surface area contributed by atoms with Crippen LogP contribution in [-0.4, -0.2) is 34.9 Å². The molecular weight excluding hydrogens is 584 g/mol. The zero-order chi connectivity index (χ0) is 20.6. The summed E-state index contributed by atoms with van der Waals surface area (Å²) in [6.45, 7) is 6.30. The Bertz CT molecular complexity index is 795. The van der Waals surface area contributed by atoms with Gasteiger partial charge in [0.2, 0.25) is 0 Å². The normalized spacial score (nSPS) is 49.8. The maximum Gasteiger partial charge on any atom is 0.272 e. The van der Waals surface area contributed by atoms with Crippen molar-refractivity contribution in [3.05, 3.63) is 23.8 Å². The molecule has 4 aliphatic carbocycles. The van der Waals surface area contributed by atoms with Crippen molar-refractivity contribution in [3.63, 3.8) is 0 Å². The molecule has 1 amide bonds. The van der Waals surface area contributed by atoms with Crippen LogP contribution in [0.15, 0.2) is 23.8 Å². The van der Waals surface area contributed by atoms with E-state index in [4.69, 9.17) is 0 Å². The lowest BCUT2D eigenvalue weighted by Crippen LogP contribution is -2.62. The number of halogens is 2. The molecule has 3 saturated carbocycles. The molecule has 28 heavy (non-hydrogen) atoms. The van der Waals surface area contributed by atoms with Crippen molar-refractivity contribution in [2.45, 2.75) is 58.2 Å². The number of amides is 1. The van der Waals surface area contributed by atoms with Gasteiger partial charge in [-0.05, 0) is 55.6 Å². The third kappa shape index (κ3) is 2.67. The van der Waals surface area contributed by atoms with Crippen molar-refractivity contribution in [1.82, 2.24) is 1.33 Å². The molecule has 4 aliphatic rings. The van der Waals surface area contributed by atoms with Gasteiger partial charge >= 0.3 is 0 Å². The van der Waals surface area contributed by atoms with E-state index in [2.05, 4.69) is 13.8 Å². The second-order valence-electron chi connectivity index (χ2n) is 9.68. The molecule has 0 heterocycles. The van der Waals surface area contributed by atoms with Crippen molar-refractivity contribution >= 4 is 57.4 Å². The van der Waals surface area contributed by atoms with Crippen LogP contribution in [0, 0.1) is 34.5 Å². The van der Waals surface area contributed by atoms with E-state index < -0.39 is 17.1 Å². The molecule has 0 spiro atoms. The number of hydrogen-bond acceptors (Lipinski definition) is 4. The van der Waals surface area contributed by atoms with Crippen LogP contribution >= 0.6 is 45.7 Å². The molecule has 8 atom stereocenters. The highest BCUT2D eigenvalue weighted by Crippen LogP contribution is 2.68. The Labute approximate surface area is 194 Å². The lowest BCUT2D eigenvalue weighted by Gasteiger charge is -2.60. The molecule has 0 saturated heterocycles. The maximum absolute atomic E-state index is 12.9. The Morgan fingerprint density at radius 2 is 2.00 bits per heavy atom. The van der Waals surface area contributed by atoms with Crippen LogP contribution < -0.4 is 0 Å². The molecule has 0 radical (unpaired) electrons. The Morgan fingerprint density at radius 3 is 2.64 bits per heavy atom. The number of rotatable bonds is 1. The smallest absolute Gasteiger partial charge is 0.272 e. The molecule has 4 rings (SSSR count). The van der Waals surface area contributed by atoms with Gasteiger partial charge in [0, 0.05) is 16.7 Å². The van der Waals surface area contributed by atoms with Gasteiger partial charge in [0.1, 0.15) is 0 Å². The predicted octanol–water partition coefficient (Wildman–Crippen LogP) is 3.77. The highest BCUT2D eigenvalue weighted by molar-refractivity contribution is 14.2. The van der Waals surface area contributed by atoms with Crippen LogP contribution in [0.1, 0.15) is 46.5 Å². The van der Waals surface area contributed by atoms with E-state index in [-0.39, 0.29) is 40.8 Å². The number of aliphatic hydroxyl groups excluding tert-OH is 1. The van der Waals surface area contributed by atoms with Gasteiger partial charge in [-0.2, -0.15) is 0 Å². The van der Waals surface area contributed by atoms with Crippen molar-refractivity contribution in [3.8, 4) is 0 Å². The van der Waals surface area contributed by atoms with Crippen LogP contribution in [0.4, 0.5) is 0 Å². The second-order valence-corrected chi connectivity index (χ2v) is 13.5. The van der Waals surface area contributed by atoms with Gasteiger partial charge in [-0.15, -0.1) is 0 Å². The van der Waals surface area contributed by atoms with Crippen LogP contribution in [0.3, 0.4) is 0 Å². The summed E-state index contributed by atoms with van der Waals surface area (Å²) in [7, 11) is 0. The Kier molecular flexibility index (Phi) is 5.12. The average Bonchev–Trinajstić information content (AvgIpc) is 2.87. The Hall–Kier alpha value is -0.000000000000000167. The van der Waals surface area contributed by atoms with Crippen molar-refractivity contribution in [2.75, 3.05) is 0 Å². The lowest BCUT2D eigenvalue weighted by atomic mass is 9.45. The highest BCUT2D eigenvalue weighted by atomic mass is 127. The quantitative estimate of drug-likeness (QED) is 0.350. The fourth-order valence-electron chi connectivity index (χ4n) is 7.25. The zero-order valence-corrected chi connectivity index (χ0v) is 20.7. The van der Waals surface area contributed by atoms with Gasteiger partial charge in [0.25, 0.3) is 5.91 Å². The molecule has 0 aliphatic heterocycles. The van der Waals surface area contributed by atoms with Gasteiger partial charge in [-0.25, -0.2) is 1.33 Å². The first-order chi connectivity index (χ1) is 13.0. The fraction of sp³-hybridized carbons (Fsp3) is 0.714. The highest BCUT2D eigenvalue weighted by Gasteiger charge is 2.69. The summed E-state index contributed by atoms with van der Waals surface area (Å²) in [5.41, 5.74) is -1.31. The van der Waals surface area contributed by atoms with Gasteiger partial charge in [-0.1, -0.05) is 32.4 Å². The first-order valence-corrected chi connectivity index (χ1v) is 11.9. The van der Waals surface area contributed by atoms with Gasteiger partial charge in [-0.3, -0.25) is 9.59 Å². The largest absolute Gasteiger partial charge is 0.393 e. The van der Waals surface area contributed by atoms with E-state index in [1.54, 1.807) is 12.2 Å².